The van der Waals surface area contributed by atoms with E-state index in [2.05, 4.69) is 0 Å². The average molecular weight is 265 g/mol. The highest BCUT2D eigenvalue weighted by Gasteiger charge is 2.19. The second kappa shape index (κ2) is 4.40. The van der Waals surface area contributed by atoms with E-state index in [0.29, 0.717) is 16.7 Å². The molecule has 0 aliphatic heterocycles. The van der Waals surface area contributed by atoms with Crippen LogP contribution in [0.3, 0.4) is 0 Å². The molecule has 0 radical (unpaired) electrons. The van der Waals surface area contributed by atoms with Crippen molar-refractivity contribution in [3.63, 3.8) is 0 Å². The van der Waals surface area contributed by atoms with Crippen LogP contribution in [0.25, 0.3) is 11.1 Å². The van der Waals surface area contributed by atoms with Crippen molar-refractivity contribution in [1.82, 2.24) is 0 Å². The van der Waals surface area contributed by atoms with E-state index in [4.69, 9.17) is 9.56 Å². The van der Waals surface area contributed by atoms with Crippen molar-refractivity contribution in [3.05, 3.63) is 42.2 Å². The van der Waals surface area contributed by atoms with E-state index in [0.717, 1.165) is 0 Å². The third kappa shape index (κ3) is 2.34. The molecule has 0 spiro atoms. The van der Waals surface area contributed by atoms with Gasteiger partial charge in [0, 0.05) is 11.1 Å². The van der Waals surface area contributed by atoms with Crippen LogP contribution >= 0.6 is 0 Å². The number of rotatable bonds is 3. The van der Waals surface area contributed by atoms with Crippen molar-refractivity contribution in [2.24, 2.45) is 5.14 Å². The Morgan fingerprint density at radius 3 is 2.28 bits per heavy atom. The molecule has 1 aromatic carbocycles. The van der Waals surface area contributed by atoms with E-state index in [-0.39, 0.29) is 10.9 Å². The van der Waals surface area contributed by atoms with Crippen molar-refractivity contribution in [3.8, 4) is 11.1 Å². The van der Waals surface area contributed by atoms with Gasteiger partial charge in [-0.25, -0.2) is 13.6 Å². The second-order valence-corrected chi connectivity index (χ2v) is 5.26. The minimum atomic E-state index is -3.90. The Labute approximate surface area is 104 Å². The number of benzene rings is 1. The minimum absolute atomic E-state index is 0.0552. The molecule has 0 fully saturated rings. The first-order valence-electron chi connectivity index (χ1n) is 5.11. The molecule has 2 rings (SSSR count). The first-order valence-corrected chi connectivity index (χ1v) is 6.66. The maximum absolute atomic E-state index is 11.3. The predicted octanol–water partition coefficient (Wildman–Crippen LogP) is 1.80. The molecule has 0 saturated heterocycles. The van der Waals surface area contributed by atoms with Gasteiger partial charge in [0.25, 0.3) is 10.0 Å². The monoisotopic (exact) mass is 265 g/mol. The van der Waals surface area contributed by atoms with Gasteiger partial charge in [-0.15, -0.1) is 0 Å². The summed E-state index contributed by atoms with van der Waals surface area (Å²) in [5.74, 6) is -0.0552. The smallest absolute Gasteiger partial charge is 0.272 e. The molecule has 18 heavy (non-hydrogen) atoms. The summed E-state index contributed by atoms with van der Waals surface area (Å²) in [6, 6.07) is 8.06. The summed E-state index contributed by atoms with van der Waals surface area (Å²) in [7, 11) is -3.90. The van der Waals surface area contributed by atoms with E-state index in [9.17, 15) is 13.2 Å². The SMILES string of the molecule is CC(=O)c1ccc(-c2ccoc2S(N)(=O)=O)cc1. The second-order valence-electron chi connectivity index (χ2n) is 3.80. The maximum atomic E-state index is 11.3. The van der Waals surface area contributed by atoms with Crippen molar-refractivity contribution in [2.75, 3.05) is 0 Å². The van der Waals surface area contributed by atoms with Gasteiger partial charge in [0.2, 0.25) is 5.09 Å². The summed E-state index contributed by atoms with van der Waals surface area (Å²) in [6.07, 6.45) is 1.26. The summed E-state index contributed by atoms with van der Waals surface area (Å²) in [4.78, 5) is 11.1. The van der Waals surface area contributed by atoms with E-state index >= 15 is 0 Å². The van der Waals surface area contributed by atoms with Crippen LogP contribution in [0.5, 0.6) is 0 Å². The van der Waals surface area contributed by atoms with Crippen LogP contribution < -0.4 is 5.14 Å². The first-order chi connectivity index (χ1) is 8.39. The first kappa shape index (κ1) is 12.5. The molecule has 1 heterocycles. The van der Waals surface area contributed by atoms with Crippen LogP contribution in [0.15, 0.2) is 46.1 Å². The molecule has 0 unspecified atom stereocenters. The Morgan fingerprint density at radius 1 is 1.17 bits per heavy atom. The van der Waals surface area contributed by atoms with E-state index < -0.39 is 10.0 Å². The highest BCUT2D eigenvalue weighted by molar-refractivity contribution is 7.89. The molecule has 2 N–H and O–H groups in total. The molecule has 0 aliphatic rings. The van der Waals surface area contributed by atoms with Gasteiger partial charge in [-0.2, -0.15) is 0 Å². The quantitative estimate of drug-likeness (QED) is 0.857. The minimum Gasteiger partial charge on any atom is -0.451 e. The number of sulfonamides is 1. The van der Waals surface area contributed by atoms with E-state index in [1.807, 2.05) is 0 Å². The fourth-order valence-electron chi connectivity index (χ4n) is 1.61. The number of carbonyl (C=O) groups is 1. The zero-order chi connectivity index (χ0) is 13.3. The molecule has 0 aliphatic carbocycles. The number of ketones is 1. The Hall–Kier alpha value is -1.92. The predicted molar refractivity (Wildman–Crippen MR) is 65.5 cm³/mol. The number of nitrogens with two attached hydrogens (primary N) is 1. The van der Waals surface area contributed by atoms with Crippen LogP contribution in [-0.4, -0.2) is 14.2 Å². The lowest BCUT2D eigenvalue weighted by molar-refractivity contribution is 0.101. The zero-order valence-corrected chi connectivity index (χ0v) is 10.4. The normalized spacial score (nSPS) is 11.4. The Balaban J connectivity index is 2.50. The van der Waals surface area contributed by atoms with Gasteiger partial charge in [0.05, 0.1) is 6.26 Å². The van der Waals surface area contributed by atoms with Gasteiger partial charge in [-0.1, -0.05) is 24.3 Å². The van der Waals surface area contributed by atoms with Crippen molar-refractivity contribution >= 4 is 15.8 Å². The summed E-state index contributed by atoms with van der Waals surface area (Å²) >= 11 is 0. The molecule has 0 amide bonds. The lowest BCUT2D eigenvalue weighted by Gasteiger charge is -2.02. The molecular formula is C12H11NO4S. The number of primary sulfonamides is 1. The molecule has 5 nitrogen and oxygen atoms in total. The molecular weight excluding hydrogens is 254 g/mol. The molecule has 94 valence electrons. The summed E-state index contributed by atoms with van der Waals surface area (Å²) in [5, 5.41) is 4.76. The molecule has 2 aromatic rings. The number of carbonyl (C=O) groups excluding carboxylic acids is 1. The largest absolute Gasteiger partial charge is 0.451 e. The van der Waals surface area contributed by atoms with Gasteiger partial charge in [0.15, 0.2) is 5.78 Å². The summed E-state index contributed by atoms with van der Waals surface area (Å²) < 4.78 is 27.5. The van der Waals surface area contributed by atoms with E-state index in [1.165, 1.54) is 19.3 Å². The fraction of sp³-hybridized carbons (Fsp3) is 0.0833. The third-order valence-electron chi connectivity index (χ3n) is 2.49. The highest BCUT2D eigenvalue weighted by atomic mass is 32.2. The van der Waals surface area contributed by atoms with Gasteiger partial charge in [0.1, 0.15) is 0 Å². The Kier molecular flexibility index (Phi) is 3.06. The van der Waals surface area contributed by atoms with Crippen LogP contribution in [0.4, 0.5) is 0 Å². The van der Waals surface area contributed by atoms with E-state index in [1.54, 1.807) is 24.3 Å². The Bertz CT molecular complexity index is 683. The van der Waals surface area contributed by atoms with Crippen LogP contribution in [0, 0.1) is 0 Å². The highest BCUT2D eigenvalue weighted by Crippen LogP contribution is 2.27. The summed E-state index contributed by atoms with van der Waals surface area (Å²) in [5.41, 5.74) is 1.56. The lowest BCUT2D eigenvalue weighted by Crippen LogP contribution is -2.12. The molecule has 0 atom stereocenters. The van der Waals surface area contributed by atoms with Crippen molar-refractivity contribution in [1.29, 1.82) is 0 Å². The van der Waals surface area contributed by atoms with Crippen LogP contribution in [0.2, 0.25) is 0 Å². The molecule has 0 bridgehead atoms. The number of hydrogen-bond acceptors (Lipinski definition) is 4. The van der Waals surface area contributed by atoms with Crippen molar-refractivity contribution in [2.45, 2.75) is 12.0 Å². The lowest BCUT2D eigenvalue weighted by atomic mass is 10.1. The van der Waals surface area contributed by atoms with Crippen LogP contribution in [-0.2, 0) is 10.0 Å². The van der Waals surface area contributed by atoms with Crippen LogP contribution in [0.1, 0.15) is 17.3 Å². The summed E-state index contributed by atoms with van der Waals surface area (Å²) in [6.45, 7) is 1.46. The number of furan rings is 1. The molecule has 0 saturated carbocycles. The number of Topliss-reactive ketones (excluding diaryl/α,β-unsaturated/α-hetero) is 1. The topological polar surface area (TPSA) is 90.4 Å². The zero-order valence-electron chi connectivity index (χ0n) is 9.58. The Morgan fingerprint density at radius 2 is 1.78 bits per heavy atom. The average Bonchev–Trinajstić information content (AvgIpc) is 2.77. The van der Waals surface area contributed by atoms with Gasteiger partial charge >= 0.3 is 0 Å². The van der Waals surface area contributed by atoms with Crippen molar-refractivity contribution < 1.29 is 17.6 Å². The maximum Gasteiger partial charge on any atom is 0.272 e. The molecule has 6 heteroatoms. The van der Waals surface area contributed by atoms with Gasteiger partial charge in [-0.3, -0.25) is 4.79 Å². The van der Waals surface area contributed by atoms with Gasteiger partial charge < -0.3 is 4.42 Å². The standard InChI is InChI=1S/C12H11NO4S/c1-8(14)9-2-4-10(5-3-9)11-6-7-17-12(11)18(13,15)16/h2-7H,1H3,(H2,13,15,16). The van der Waals surface area contributed by atoms with Gasteiger partial charge in [-0.05, 0) is 18.6 Å². The third-order valence-corrected chi connectivity index (χ3v) is 3.32. The number of hydrogen-bond donors (Lipinski definition) is 1. The fourth-order valence-corrected chi connectivity index (χ4v) is 2.30. The molecule has 1 aromatic heterocycles.